The van der Waals surface area contributed by atoms with Gasteiger partial charge in [-0.15, -0.1) is 0 Å². The Kier molecular flexibility index (Phi) is 6.47. The first kappa shape index (κ1) is 22.7. The Morgan fingerprint density at radius 3 is 2.06 bits per heavy atom. The van der Waals surface area contributed by atoms with Crippen LogP contribution in [0.25, 0.3) is 6.08 Å². The van der Waals surface area contributed by atoms with Crippen LogP contribution in [0.3, 0.4) is 0 Å². The van der Waals surface area contributed by atoms with Crippen LogP contribution in [0.15, 0.2) is 82.6 Å². The lowest BCUT2D eigenvalue weighted by Gasteiger charge is -2.24. The molecule has 0 aromatic heterocycles. The second-order valence-corrected chi connectivity index (χ2v) is 10.1. The molecule has 0 saturated carbocycles. The fraction of sp³-hybridized carbons (Fsp3) is 0.0909. The average Bonchev–Trinajstić information content (AvgIpc) is 3.03. The van der Waals surface area contributed by atoms with E-state index in [0.717, 1.165) is 17.3 Å². The first-order chi connectivity index (χ1) is 15.2. The van der Waals surface area contributed by atoms with Gasteiger partial charge < -0.3 is 19.8 Å². The summed E-state index contributed by atoms with van der Waals surface area (Å²) in [6.07, 6.45) is 0.795. The average molecular weight is 491 g/mol. The first-order valence-corrected chi connectivity index (χ1v) is 12.2. The van der Waals surface area contributed by atoms with Gasteiger partial charge in [-0.05, 0) is 72.3 Å². The Morgan fingerprint density at radius 1 is 0.938 bits per heavy atom. The predicted molar refractivity (Wildman–Crippen MR) is 126 cm³/mol. The van der Waals surface area contributed by atoms with Crippen LogP contribution < -0.4 is 14.8 Å². The molecule has 1 fully saturated rings. The maximum Gasteiger partial charge on any atom is 0.238 e. The van der Waals surface area contributed by atoms with E-state index in [4.69, 9.17) is 21.5 Å². The third-order valence-electron chi connectivity index (χ3n) is 4.70. The number of ether oxygens (including phenoxy) is 1. The molecule has 0 bridgehead atoms. The van der Waals surface area contributed by atoms with Crippen molar-refractivity contribution in [2.75, 3.05) is 4.90 Å². The van der Waals surface area contributed by atoms with Crippen molar-refractivity contribution in [1.29, 1.82) is 0 Å². The summed E-state index contributed by atoms with van der Waals surface area (Å²) in [5.41, 5.74) is 0.538. The van der Waals surface area contributed by atoms with E-state index in [1.165, 1.54) is 29.2 Å². The fourth-order valence-corrected chi connectivity index (χ4v) is 4.79. The Hall–Kier alpha value is -2.53. The largest absolute Gasteiger partial charge is 0.457 e. The van der Waals surface area contributed by atoms with Crippen molar-refractivity contribution < 1.29 is 23.4 Å². The van der Waals surface area contributed by atoms with Crippen molar-refractivity contribution in [2.24, 2.45) is 5.14 Å². The normalized spacial score (nSPS) is 20.0. The molecular formula is C22H19ClN2O5S2. The monoisotopic (exact) mass is 490 g/mol. The van der Waals surface area contributed by atoms with E-state index in [1.807, 2.05) is 12.1 Å². The van der Waals surface area contributed by atoms with Gasteiger partial charge in [0, 0.05) is 15.6 Å². The van der Waals surface area contributed by atoms with Crippen LogP contribution in [0.1, 0.15) is 5.56 Å². The van der Waals surface area contributed by atoms with Gasteiger partial charge >= 0.3 is 0 Å². The summed E-state index contributed by atoms with van der Waals surface area (Å²) in [6, 6.07) is 19.8. The van der Waals surface area contributed by atoms with E-state index in [1.54, 1.807) is 42.5 Å². The van der Waals surface area contributed by atoms with Crippen molar-refractivity contribution >= 4 is 45.1 Å². The van der Waals surface area contributed by atoms with Crippen LogP contribution in [-0.2, 0) is 10.0 Å². The number of hydrogen-bond donors (Lipinski definition) is 3. The number of halogens is 1. The Bertz CT molecular complexity index is 1230. The molecule has 0 amide bonds. The standard InChI is InChI=1S/C22H19ClN2O5S2/c23-15-3-5-16(6-4-15)25-21(26)20(31-22(25)27)13-14-1-7-17(8-2-14)30-18-9-11-19(12-10-18)32(24,28)29/h1-13,21-22,26-27H,(H2,24,28,29)/b20-13-. The quantitative estimate of drug-likeness (QED) is 0.496. The molecule has 10 heteroatoms. The predicted octanol–water partition coefficient (Wildman–Crippen LogP) is 3.97. The molecule has 0 spiro atoms. The highest BCUT2D eigenvalue weighted by Gasteiger charge is 2.35. The lowest BCUT2D eigenvalue weighted by Crippen LogP contribution is -2.35. The van der Waals surface area contributed by atoms with Gasteiger partial charge in [-0.1, -0.05) is 35.5 Å². The molecule has 32 heavy (non-hydrogen) atoms. The van der Waals surface area contributed by atoms with Crippen molar-refractivity contribution in [1.82, 2.24) is 0 Å². The number of primary sulfonamides is 1. The molecule has 2 atom stereocenters. The molecule has 4 rings (SSSR count). The highest BCUT2D eigenvalue weighted by Crippen LogP contribution is 2.41. The van der Waals surface area contributed by atoms with Crippen LogP contribution >= 0.6 is 23.4 Å². The lowest BCUT2D eigenvalue weighted by molar-refractivity contribution is 0.167. The minimum absolute atomic E-state index is 0.00859. The molecule has 2 unspecified atom stereocenters. The van der Waals surface area contributed by atoms with E-state index in [2.05, 4.69) is 0 Å². The minimum Gasteiger partial charge on any atom is -0.457 e. The molecule has 1 aliphatic heterocycles. The number of sulfonamides is 1. The highest BCUT2D eigenvalue weighted by atomic mass is 35.5. The second kappa shape index (κ2) is 9.14. The van der Waals surface area contributed by atoms with E-state index < -0.39 is 21.8 Å². The molecule has 7 nitrogen and oxygen atoms in total. The first-order valence-electron chi connectivity index (χ1n) is 9.40. The maximum absolute atomic E-state index is 11.3. The number of aliphatic hydroxyl groups is 2. The van der Waals surface area contributed by atoms with Crippen LogP contribution in [0, 0.1) is 0 Å². The number of aliphatic hydroxyl groups excluding tert-OH is 2. The molecule has 166 valence electrons. The number of rotatable bonds is 5. The van der Waals surface area contributed by atoms with Gasteiger partial charge in [0.2, 0.25) is 10.0 Å². The van der Waals surface area contributed by atoms with E-state index in [0.29, 0.717) is 27.1 Å². The van der Waals surface area contributed by atoms with Gasteiger partial charge in [0.25, 0.3) is 0 Å². The molecule has 3 aromatic rings. The second-order valence-electron chi connectivity index (χ2n) is 6.94. The Morgan fingerprint density at radius 2 is 1.50 bits per heavy atom. The van der Waals surface area contributed by atoms with Crippen LogP contribution in [0.5, 0.6) is 11.5 Å². The molecule has 1 aliphatic rings. The number of benzene rings is 3. The van der Waals surface area contributed by atoms with Gasteiger partial charge in [0.15, 0.2) is 11.8 Å². The number of anilines is 1. The summed E-state index contributed by atoms with van der Waals surface area (Å²) >= 11 is 7.07. The number of nitrogens with zero attached hydrogens (tertiary/aromatic N) is 1. The van der Waals surface area contributed by atoms with Crippen molar-refractivity contribution in [3.8, 4) is 11.5 Å². The number of thioether (sulfide) groups is 1. The van der Waals surface area contributed by atoms with E-state index in [-0.39, 0.29) is 4.90 Å². The molecular weight excluding hydrogens is 472 g/mol. The van der Waals surface area contributed by atoms with Gasteiger partial charge in [-0.2, -0.15) is 0 Å². The molecule has 0 radical (unpaired) electrons. The van der Waals surface area contributed by atoms with Crippen LogP contribution in [0.4, 0.5) is 5.69 Å². The van der Waals surface area contributed by atoms with Crippen LogP contribution in [0.2, 0.25) is 5.02 Å². The zero-order valence-electron chi connectivity index (χ0n) is 16.5. The lowest BCUT2D eigenvalue weighted by atomic mass is 10.2. The summed E-state index contributed by atoms with van der Waals surface area (Å²) < 4.78 is 28.4. The third-order valence-corrected chi connectivity index (χ3v) is 6.92. The molecule has 3 aromatic carbocycles. The molecule has 4 N–H and O–H groups in total. The summed E-state index contributed by atoms with van der Waals surface area (Å²) in [6.45, 7) is 0. The van der Waals surface area contributed by atoms with Crippen molar-refractivity contribution in [3.63, 3.8) is 0 Å². The maximum atomic E-state index is 11.3. The zero-order valence-corrected chi connectivity index (χ0v) is 18.9. The number of nitrogens with two attached hydrogens (primary N) is 1. The van der Waals surface area contributed by atoms with E-state index in [9.17, 15) is 18.6 Å². The third kappa shape index (κ3) is 5.09. The van der Waals surface area contributed by atoms with Crippen LogP contribution in [-0.4, -0.2) is 30.4 Å². The van der Waals surface area contributed by atoms with Crippen molar-refractivity contribution in [3.05, 3.63) is 88.3 Å². The van der Waals surface area contributed by atoms with Crippen molar-refractivity contribution in [2.45, 2.75) is 16.7 Å². The van der Waals surface area contributed by atoms with Gasteiger partial charge in [0.05, 0.1) is 4.90 Å². The zero-order chi connectivity index (χ0) is 22.9. The molecule has 0 aliphatic carbocycles. The fourth-order valence-electron chi connectivity index (χ4n) is 3.12. The summed E-state index contributed by atoms with van der Waals surface area (Å²) in [4.78, 5) is 2.10. The summed E-state index contributed by atoms with van der Waals surface area (Å²) in [7, 11) is -3.75. The topological polar surface area (TPSA) is 113 Å². The smallest absolute Gasteiger partial charge is 0.238 e. The molecule has 1 heterocycles. The van der Waals surface area contributed by atoms with Gasteiger partial charge in [-0.3, -0.25) is 0 Å². The number of hydrogen-bond acceptors (Lipinski definition) is 7. The minimum atomic E-state index is -3.75. The Labute approximate surface area is 194 Å². The SMILES string of the molecule is NS(=O)(=O)c1ccc(Oc2ccc(/C=C3\SC(O)N(c4ccc(Cl)cc4)C3O)cc2)cc1. The highest BCUT2D eigenvalue weighted by molar-refractivity contribution is 8.04. The summed E-state index contributed by atoms with van der Waals surface area (Å²) in [5, 5.41) is 26.8. The van der Waals surface area contributed by atoms with Gasteiger partial charge in [0.1, 0.15) is 11.5 Å². The van der Waals surface area contributed by atoms with Gasteiger partial charge in [-0.25, -0.2) is 13.6 Å². The summed E-state index contributed by atoms with van der Waals surface area (Å²) in [5.74, 6) is 1.02. The Balaban J connectivity index is 1.46. The molecule has 1 saturated heterocycles. The van der Waals surface area contributed by atoms with E-state index >= 15 is 0 Å².